The summed E-state index contributed by atoms with van der Waals surface area (Å²) in [5.74, 6) is 0.912. The summed E-state index contributed by atoms with van der Waals surface area (Å²) in [6, 6.07) is 23.0. The number of hydrogen-bond acceptors (Lipinski definition) is 6. The molecule has 34 heavy (non-hydrogen) atoms. The molecule has 4 heterocycles. The SMILES string of the molecule is CC(C)(O)c1ccc(N2CC3(CNC3)C2c2nnc(Cc3ccccc3)c3ccccc23)nc1. The van der Waals surface area contributed by atoms with Crippen molar-refractivity contribution in [3.63, 3.8) is 0 Å². The van der Waals surface area contributed by atoms with Crippen molar-refractivity contribution in [2.75, 3.05) is 24.5 Å². The minimum Gasteiger partial charge on any atom is -0.386 e. The highest BCUT2D eigenvalue weighted by molar-refractivity contribution is 5.87. The molecule has 2 N–H and O–H groups in total. The lowest BCUT2D eigenvalue weighted by Crippen LogP contribution is -2.72. The van der Waals surface area contributed by atoms with Gasteiger partial charge < -0.3 is 15.3 Å². The zero-order valence-corrected chi connectivity index (χ0v) is 19.6. The van der Waals surface area contributed by atoms with Crippen molar-refractivity contribution in [1.82, 2.24) is 20.5 Å². The fourth-order valence-electron chi connectivity index (χ4n) is 5.36. The molecule has 172 valence electrons. The van der Waals surface area contributed by atoms with E-state index in [-0.39, 0.29) is 11.5 Å². The number of aromatic nitrogens is 3. The van der Waals surface area contributed by atoms with Gasteiger partial charge in [0.05, 0.1) is 23.0 Å². The van der Waals surface area contributed by atoms with Crippen LogP contribution in [0.4, 0.5) is 5.82 Å². The lowest BCUT2D eigenvalue weighted by Gasteiger charge is -2.62. The van der Waals surface area contributed by atoms with Crippen LogP contribution in [0.15, 0.2) is 72.9 Å². The van der Waals surface area contributed by atoms with Gasteiger partial charge in [-0.2, -0.15) is 10.2 Å². The molecule has 2 aromatic heterocycles. The van der Waals surface area contributed by atoms with Gasteiger partial charge in [-0.1, -0.05) is 60.7 Å². The van der Waals surface area contributed by atoms with Crippen molar-refractivity contribution in [2.45, 2.75) is 31.9 Å². The molecule has 1 spiro atoms. The lowest BCUT2D eigenvalue weighted by molar-refractivity contribution is 0.0536. The van der Waals surface area contributed by atoms with Crippen LogP contribution in [0, 0.1) is 5.41 Å². The van der Waals surface area contributed by atoms with Gasteiger partial charge in [-0.3, -0.25) is 0 Å². The second-order valence-electron chi connectivity index (χ2n) is 10.2. The van der Waals surface area contributed by atoms with Crippen LogP contribution in [-0.4, -0.2) is 39.9 Å². The number of fused-ring (bicyclic) bond motifs is 1. The van der Waals surface area contributed by atoms with Crippen LogP contribution >= 0.6 is 0 Å². The quantitative estimate of drug-likeness (QED) is 0.478. The van der Waals surface area contributed by atoms with E-state index < -0.39 is 5.60 Å². The molecule has 0 radical (unpaired) electrons. The second kappa shape index (κ2) is 7.86. The molecule has 2 aliphatic heterocycles. The van der Waals surface area contributed by atoms with E-state index in [9.17, 15) is 5.11 Å². The zero-order valence-electron chi connectivity index (χ0n) is 19.6. The Morgan fingerprint density at radius 1 is 0.971 bits per heavy atom. The van der Waals surface area contributed by atoms with Crippen LogP contribution in [0.1, 0.15) is 42.4 Å². The Labute approximate surface area is 199 Å². The van der Waals surface area contributed by atoms with Crippen molar-refractivity contribution in [3.05, 3.63) is 95.4 Å². The van der Waals surface area contributed by atoms with Gasteiger partial charge in [-0.15, -0.1) is 0 Å². The van der Waals surface area contributed by atoms with Gasteiger partial charge in [0.2, 0.25) is 0 Å². The van der Waals surface area contributed by atoms with Crippen LogP contribution in [0.2, 0.25) is 0 Å². The van der Waals surface area contributed by atoms with Gasteiger partial charge >= 0.3 is 0 Å². The third-order valence-corrected chi connectivity index (χ3v) is 7.35. The first-order valence-electron chi connectivity index (χ1n) is 11.9. The number of pyridine rings is 1. The molecular formula is C28H29N5O. The highest BCUT2D eigenvalue weighted by atomic mass is 16.3. The molecule has 6 heteroatoms. The van der Waals surface area contributed by atoms with Gasteiger partial charge in [-0.05, 0) is 25.5 Å². The van der Waals surface area contributed by atoms with Gasteiger partial charge in [0.1, 0.15) is 5.82 Å². The number of nitrogens with one attached hydrogen (secondary N) is 1. The van der Waals surface area contributed by atoms with E-state index in [1.54, 1.807) is 20.0 Å². The summed E-state index contributed by atoms with van der Waals surface area (Å²) >= 11 is 0. The fourth-order valence-corrected chi connectivity index (χ4v) is 5.36. The average molecular weight is 452 g/mol. The number of rotatable bonds is 5. The predicted octanol–water partition coefficient (Wildman–Crippen LogP) is 3.99. The average Bonchev–Trinajstić information content (AvgIpc) is 2.79. The van der Waals surface area contributed by atoms with E-state index in [1.807, 2.05) is 18.2 Å². The van der Waals surface area contributed by atoms with Crippen LogP contribution in [0.25, 0.3) is 10.8 Å². The Bertz CT molecular complexity index is 1330. The molecule has 1 unspecified atom stereocenters. The maximum Gasteiger partial charge on any atom is 0.129 e. The molecule has 0 bridgehead atoms. The van der Waals surface area contributed by atoms with Crippen LogP contribution in [0.5, 0.6) is 0 Å². The van der Waals surface area contributed by atoms with Crippen molar-refractivity contribution in [1.29, 1.82) is 0 Å². The van der Waals surface area contributed by atoms with E-state index >= 15 is 0 Å². The van der Waals surface area contributed by atoms with Crippen molar-refractivity contribution < 1.29 is 5.11 Å². The topological polar surface area (TPSA) is 74.2 Å². The van der Waals surface area contributed by atoms with Crippen LogP contribution in [0.3, 0.4) is 0 Å². The Morgan fingerprint density at radius 3 is 2.35 bits per heavy atom. The van der Waals surface area contributed by atoms with Crippen LogP contribution in [-0.2, 0) is 12.0 Å². The molecule has 1 atom stereocenters. The molecule has 2 aliphatic rings. The van der Waals surface area contributed by atoms with Crippen molar-refractivity contribution in [3.8, 4) is 0 Å². The molecule has 6 nitrogen and oxygen atoms in total. The fraction of sp³-hybridized carbons (Fsp3) is 0.321. The van der Waals surface area contributed by atoms with Crippen LogP contribution < -0.4 is 10.2 Å². The van der Waals surface area contributed by atoms with E-state index in [4.69, 9.17) is 15.2 Å². The maximum atomic E-state index is 10.3. The Morgan fingerprint density at radius 2 is 1.71 bits per heavy atom. The maximum absolute atomic E-state index is 10.3. The third kappa shape index (κ3) is 3.45. The molecule has 0 saturated carbocycles. The van der Waals surface area contributed by atoms with E-state index in [1.165, 1.54) is 5.56 Å². The Balaban J connectivity index is 1.40. The summed E-state index contributed by atoms with van der Waals surface area (Å²) < 4.78 is 0. The summed E-state index contributed by atoms with van der Waals surface area (Å²) in [6.07, 6.45) is 2.54. The van der Waals surface area contributed by atoms with Gasteiger partial charge in [0.15, 0.2) is 0 Å². The number of aliphatic hydroxyl groups is 1. The highest BCUT2D eigenvalue weighted by Crippen LogP contribution is 2.53. The summed E-state index contributed by atoms with van der Waals surface area (Å²) in [7, 11) is 0. The first kappa shape index (κ1) is 21.2. The standard InChI is InChI=1S/C28H29N5O/c1-27(2,34)20-12-13-24(30-15-20)33-18-28(16-29-17-28)26(33)25-22-11-7-6-10-21(22)23(31-32-25)14-19-8-4-3-5-9-19/h3-13,15,26,29,34H,14,16-18H2,1-2H3. The predicted molar refractivity (Wildman–Crippen MR) is 134 cm³/mol. The normalized spacial score (nSPS) is 19.1. The minimum atomic E-state index is -0.907. The lowest BCUT2D eigenvalue weighted by atomic mass is 9.65. The van der Waals surface area contributed by atoms with E-state index in [2.05, 4.69) is 58.7 Å². The molecular weight excluding hydrogens is 422 g/mol. The smallest absolute Gasteiger partial charge is 0.129 e. The number of nitrogens with zero attached hydrogens (tertiary/aromatic N) is 4. The Kier molecular flexibility index (Phi) is 4.90. The molecule has 2 fully saturated rings. The van der Waals surface area contributed by atoms with E-state index in [0.29, 0.717) is 0 Å². The third-order valence-electron chi connectivity index (χ3n) is 7.35. The zero-order chi connectivity index (χ0) is 23.3. The monoisotopic (exact) mass is 451 g/mol. The molecule has 0 aliphatic carbocycles. The van der Waals surface area contributed by atoms with Gasteiger partial charge in [0.25, 0.3) is 0 Å². The van der Waals surface area contributed by atoms with Gasteiger partial charge in [0, 0.05) is 54.0 Å². The molecule has 0 amide bonds. The second-order valence-corrected chi connectivity index (χ2v) is 10.2. The number of benzene rings is 2. The minimum absolute atomic E-state index is 0.109. The first-order valence-corrected chi connectivity index (χ1v) is 11.9. The molecule has 2 aromatic carbocycles. The molecule has 4 aromatic rings. The van der Waals surface area contributed by atoms with Crippen molar-refractivity contribution >= 4 is 16.6 Å². The molecule has 2 saturated heterocycles. The summed E-state index contributed by atoms with van der Waals surface area (Å²) in [6.45, 7) is 6.43. The first-order chi connectivity index (χ1) is 16.4. The molecule has 6 rings (SSSR count). The van der Waals surface area contributed by atoms with Crippen molar-refractivity contribution in [2.24, 2.45) is 5.41 Å². The van der Waals surface area contributed by atoms with Gasteiger partial charge in [-0.25, -0.2) is 4.98 Å². The highest BCUT2D eigenvalue weighted by Gasteiger charge is 2.58. The number of anilines is 1. The van der Waals surface area contributed by atoms with E-state index in [0.717, 1.165) is 59.6 Å². The Hall–Kier alpha value is -3.35. The summed E-state index contributed by atoms with van der Waals surface area (Å²) in [4.78, 5) is 7.05. The largest absolute Gasteiger partial charge is 0.386 e. The summed E-state index contributed by atoms with van der Waals surface area (Å²) in [5.41, 5.74) is 3.31. The number of hydrogen-bond donors (Lipinski definition) is 2. The summed E-state index contributed by atoms with van der Waals surface area (Å²) in [5, 5.41) is 25.7.